The van der Waals surface area contributed by atoms with E-state index in [4.69, 9.17) is 0 Å². The fraction of sp³-hybridized carbons (Fsp3) is 0.556. The van der Waals surface area contributed by atoms with E-state index in [0.717, 1.165) is 6.42 Å². The average molecular weight is 261 g/mol. The molecule has 0 radical (unpaired) electrons. The van der Waals surface area contributed by atoms with E-state index in [1.165, 1.54) is 7.11 Å². The molecule has 0 saturated heterocycles. The highest BCUT2D eigenvalue weighted by atomic mass is 79.9. The average Bonchev–Trinajstić information content (AvgIpc) is 2.58. The number of carbonyl (C=O) groups is 1. The van der Waals surface area contributed by atoms with Crippen LogP contribution in [0.3, 0.4) is 0 Å². The number of methoxy groups -OCH3 is 1. The van der Waals surface area contributed by atoms with Gasteiger partial charge in [0.25, 0.3) is 0 Å². The summed E-state index contributed by atoms with van der Waals surface area (Å²) in [4.78, 5) is 15.2. The molecule has 78 valence electrons. The Kier molecular flexibility index (Phi) is 3.69. The first-order chi connectivity index (χ1) is 6.61. The largest absolute Gasteiger partial charge is 0.464 e. The molecule has 0 bridgehead atoms. The molecule has 1 heterocycles. The first kappa shape index (κ1) is 11.2. The Morgan fingerprint density at radius 1 is 1.79 bits per heavy atom. The summed E-state index contributed by atoms with van der Waals surface area (Å²) in [6, 6.07) is 0.315. The molecule has 14 heavy (non-hydrogen) atoms. The number of hydrogen-bond acceptors (Lipinski definition) is 3. The summed E-state index contributed by atoms with van der Waals surface area (Å²) in [6.45, 7) is 4.14. The molecular formula is C9H13BrN2O2. The molecular weight excluding hydrogens is 248 g/mol. The fourth-order valence-electron chi connectivity index (χ4n) is 1.08. The number of halogens is 1. The standard InChI is InChI=1S/C9H13BrN2O2/c1-4-6(2)12-5-11-7(8(12)10)9(13)14-3/h5-6H,4H2,1-3H3. The van der Waals surface area contributed by atoms with Gasteiger partial charge >= 0.3 is 5.97 Å². The minimum absolute atomic E-state index is 0.315. The summed E-state index contributed by atoms with van der Waals surface area (Å²) >= 11 is 3.33. The van der Waals surface area contributed by atoms with Crippen LogP contribution >= 0.6 is 15.9 Å². The van der Waals surface area contributed by atoms with Crippen molar-refractivity contribution in [2.24, 2.45) is 0 Å². The lowest BCUT2D eigenvalue weighted by molar-refractivity contribution is 0.0593. The summed E-state index contributed by atoms with van der Waals surface area (Å²) in [5.41, 5.74) is 0.327. The summed E-state index contributed by atoms with van der Waals surface area (Å²) < 4.78 is 7.19. The van der Waals surface area contributed by atoms with Crippen molar-refractivity contribution in [2.45, 2.75) is 26.3 Å². The molecule has 0 amide bonds. The summed E-state index contributed by atoms with van der Waals surface area (Å²) in [5, 5.41) is 0. The smallest absolute Gasteiger partial charge is 0.359 e. The maximum atomic E-state index is 11.2. The van der Waals surface area contributed by atoms with E-state index in [2.05, 4.69) is 39.5 Å². The monoisotopic (exact) mass is 260 g/mol. The van der Waals surface area contributed by atoms with Crippen LogP contribution in [0.5, 0.6) is 0 Å². The van der Waals surface area contributed by atoms with Crippen LogP contribution in [0, 0.1) is 0 Å². The molecule has 1 aromatic heterocycles. The molecule has 0 aliphatic heterocycles. The zero-order valence-electron chi connectivity index (χ0n) is 8.45. The SMILES string of the molecule is CCC(C)n1cnc(C(=O)OC)c1Br. The van der Waals surface area contributed by atoms with Gasteiger partial charge < -0.3 is 9.30 Å². The number of carbonyl (C=O) groups excluding carboxylic acids is 1. The number of ether oxygens (including phenoxy) is 1. The molecule has 1 atom stereocenters. The zero-order chi connectivity index (χ0) is 10.7. The van der Waals surface area contributed by atoms with Gasteiger partial charge in [-0.25, -0.2) is 9.78 Å². The van der Waals surface area contributed by atoms with Gasteiger partial charge in [0.05, 0.1) is 13.4 Å². The number of aromatic nitrogens is 2. The van der Waals surface area contributed by atoms with Crippen molar-refractivity contribution in [3.05, 3.63) is 16.6 Å². The topological polar surface area (TPSA) is 44.1 Å². The molecule has 0 saturated carbocycles. The van der Waals surface area contributed by atoms with Crippen molar-refractivity contribution in [3.63, 3.8) is 0 Å². The van der Waals surface area contributed by atoms with E-state index in [0.29, 0.717) is 16.3 Å². The Morgan fingerprint density at radius 3 is 2.93 bits per heavy atom. The molecule has 0 aromatic carbocycles. The highest BCUT2D eigenvalue weighted by molar-refractivity contribution is 9.10. The highest BCUT2D eigenvalue weighted by Gasteiger charge is 2.18. The molecule has 1 rings (SSSR count). The molecule has 0 N–H and O–H groups in total. The van der Waals surface area contributed by atoms with Gasteiger partial charge in [0, 0.05) is 6.04 Å². The second kappa shape index (κ2) is 4.59. The Labute approximate surface area is 91.4 Å². The fourth-order valence-corrected chi connectivity index (χ4v) is 1.79. The minimum atomic E-state index is -0.418. The van der Waals surface area contributed by atoms with E-state index in [-0.39, 0.29) is 0 Å². The first-order valence-corrected chi connectivity index (χ1v) is 5.21. The Morgan fingerprint density at radius 2 is 2.43 bits per heavy atom. The zero-order valence-corrected chi connectivity index (χ0v) is 10.0. The maximum Gasteiger partial charge on any atom is 0.359 e. The lowest BCUT2D eigenvalue weighted by Gasteiger charge is -2.11. The molecule has 0 fully saturated rings. The van der Waals surface area contributed by atoms with Crippen molar-refractivity contribution in [1.29, 1.82) is 0 Å². The molecule has 5 heteroatoms. The molecule has 0 spiro atoms. The summed E-state index contributed by atoms with van der Waals surface area (Å²) in [6.07, 6.45) is 2.63. The lowest BCUT2D eigenvalue weighted by atomic mass is 10.2. The van der Waals surface area contributed by atoms with Gasteiger partial charge in [-0.15, -0.1) is 0 Å². The van der Waals surface area contributed by atoms with Crippen LogP contribution < -0.4 is 0 Å². The van der Waals surface area contributed by atoms with E-state index in [1.54, 1.807) is 6.33 Å². The first-order valence-electron chi connectivity index (χ1n) is 4.42. The van der Waals surface area contributed by atoms with Gasteiger partial charge in [-0.2, -0.15) is 0 Å². The minimum Gasteiger partial charge on any atom is -0.464 e. The number of imidazole rings is 1. The van der Waals surface area contributed by atoms with Gasteiger partial charge in [-0.05, 0) is 29.3 Å². The van der Waals surface area contributed by atoms with Crippen molar-refractivity contribution < 1.29 is 9.53 Å². The van der Waals surface area contributed by atoms with Crippen LogP contribution in [0.15, 0.2) is 10.9 Å². The van der Waals surface area contributed by atoms with Crippen LogP contribution in [-0.4, -0.2) is 22.6 Å². The number of nitrogens with zero attached hydrogens (tertiary/aromatic N) is 2. The second-order valence-electron chi connectivity index (χ2n) is 3.04. The maximum absolute atomic E-state index is 11.2. The third-order valence-corrected chi connectivity index (χ3v) is 2.96. The van der Waals surface area contributed by atoms with Gasteiger partial charge in [0.2, 0.25) is 0 Å². The number of rotatable bonds is 3. The highest BCUT2D eigenvalue weighted by Crippen LogP contribution is 2.22. The Bertz CT molecular complexity index is 336. The van der Waals surface area contributed by atoms with Crippen molar-refractivity contribution in [3.8, 4) is 0 Å². The van der Waals surface area contributed by atoms with Crippen LogP contribution in [0.25, 0.3) is 0 Å². The van der Waals surface area contributed by atoms with Crippen LogP contribution in [0.2, 0.25) is 0 Å². The lowest BCUT2D eigenvalue weighted by Crippen LogP contribution is -2.06. The molecule has 0 aliphatic rings. The third kappa shape index (κ3) is 1.97. The van der Waals surface area contributed by atoms with E-state index in [1.807, 2.05) is 4.57 Å². The molecule has 0 aliphatic carbocycles. The van der Waals surface area contributed by atoms with Crippen molar-refractivity contribution in [1.82, 2.24) is 9.55 Å². The molecule has 1 unspecified atom stereocenters. The Balaban J connectivity index is 3.02. The van der Waals surface area contributed by atoms with Crippen LogP contribution in [-0.2, 0) is 4.74 Å². The predicted molar refractivity (Wildman–Crippen MR) is 56.3 cm³/mol. The van der Waals surface area contributed by atoms with Crippen LogP contribution in [0.1, 0.15) is 36.8 Å². The normalized spacial score (nSPS) is 12.6. The molecule has 4 nitrogen and oxygen atoms in total. The molecule has 1 aromatic rings. The van der Waals surface area contributed by atoms with Crippen molar-refractivity contribution in [2.75, 3.05) is 7.11 Å². The van der Waals surface area contributed by atoms with Gasteiger partial charge in [0.15, 0.2) is 5.69 Å². The van der Waals surface area contributed by atoms with Gasteiger partial charge in [0.1, 0.15) is 4.60 Å². The summed E-state index contributed by atoms with van der Waals surface area (Å²) in [5.74, 6) is -0.418. The Hall–Kier alpha value is -0.840. The van der Waals surface area contributed by atoms with Crippen molar-refractivity contribution >= 4 is 21.9 Å². The van der Waals surface area contributed by atoms with Gasteiger partial charge in [-0.3, -0.25) is 0 Å². The number of hydrogen-bond donors (Lipinski definition) is 0. The van der Waals surface area contributed by atoms with Crippen LogP contribution in [0.4, 0.5) is 0 Å². The number of esters is 1. The van der Waals surface area contributed by atoms with E-state index in [9.17, 15) is 4.79 Å². The quantitative estimate of drug-likeness (QED) is 0.785. The predicted octanol–water partition coefficient (Wildman–Crippen LogP) is 2.40. The second-order valence-corrected chi connectivity index (χ2v) is 3.79. The van der Waals surface area contributed by atoms with E-state index < -0.39 is 5.97 Å². The summed E-state index contributed by atoms with van der Waals surface area (Å²) in [7, 11) is 1.34. The van der Waals surface area contributed by atoms with E-state index >= 15 is 0 Å². The third-order valence-electron chi connectivity index (χ3n) is 2.18. The van der Waals surface area contributed by atoms with Gasteiger partial charge in [-0.1, -0.05) is 6.92 Å².